The minimum atomic E-state index is -4.31. The second kappa shape index (κ2) is 20.5. The SMILES string of the molecule is CCCCCCOc1ccc(C(=O)Oc2ccc(CSP(=O)(OCC3OC(n4cnc5c(N)ncnc54)CC3O)OC3C(CO)OC(n4ccc(=O)[nH]c4=O)C3OC)cc2)cc1. The first kappa shape index (κ1) is 45.1. The van der Waals surface area contributed by atoms with Gasteiger partial charge in [-0.15, -0.1) is 0 Å². The Morgan fingerprint density at radius 3 is 2.48 bits per heavy atom. The second-order valence-electron chi connectivity index (χ2n) is 14.5. The summed E-state index contributed by atoms with van der Waals surface area (Å²) >= 11 is 0.804. The fraction of sp³-hybridized carbons (Fsp3) is 0.450. The highest BCUT2D eigenvalue weighted by molar-refractivity contribution is 8.54. The van der Waals surface area contributed by atoms with E-state index in [1.165, 1.54) is 26.0 Å². The van der Waals surface area contributed by atoms with E-state index in [1.807, 2.05) is 0 Å². The number of nitrogen functional groups attached to an aromatic ring is 1. The van der Waals surface area contributed by atoms with Crippen LogP contribution < -0.4 is 26.5 Å². The minimum absolute atomic E-state index is 0.0576. The maximum absolute atomic E-state index is 14.8. The molecule has 8 unspecified atom stereocenters. The van der Waals surface area contributed by atoms with Gasteiger partial charge in [0.2, 0.25) is 0 Å². The Bertz CT molecular complexity index is 2450. The van der Waals surface area contributed by atoms with Crippen LogP contribution in [0.3, 0.4) is 0 Å². The molecule has 0 bridgehead atoms. The zero-order chi connectivity index (χ0) is 43.8. The second-order valence-corrected chi connectivity index (χ2v) is 18.6. The number of benzene rings is 2. The van der Waals surface area contributed by atoms with Crippen molar-refractivity contribution in [2.24, 2.45) is 0 Å². The van der Waals surface area contributed by atoms with Crippen molar-refractivity contribution >= 4 is 41.1 Å². The molecule has 8 atom stereocenters. The van der Waals surface area contributed by atoms with Crippen LogP contribution >= 0.6 is 18.2 Å². The third kappa shape index (κ3) is 10.6. The Morgan fingerprint density at radius 2 is 1.76 bits per heavy atom. The number of aromatic nitrogens is 6. The summed E-state index contributed by atoms with van der Waals surface area (Å²) < 4.78 is 58.9. The number of hydrogen-bond acceptors (Lipinski definition) is 18. The van der Waals surface area contributed by atoms with Crippen LogP contribution in [-0.2, 0) is 33.6 Å². The van der Waals surface area contributed by atoms with E-state index in [9.17, 15) is 29.2 Å². The van der Waals surface area contributed by atoms with Crippen LogP contribution in [-0.4, -0.2) is 103 Å². The first-order valence-electron chi connectivity index (χ1n) is 20.0. The quantitative estimate of drug-likeness (QED) is 0.0370. The third-order valence-corrected chi connectivity index (χ3v) is 13.9. The number of anilines is 1. The van der Waals surface area contributed by atoms with Crippen molar-refractivity contribution in [1.29, 1.82) is 0 Å². The molecule has 2 fully saturated rings. The molecule has 2 aliphatic rings. The van der Waals surface area contributed by atoms with Crippen LogP contribution in [0.4, 0.5) is 5.82 Å². The average Bonchev–Trinajstić information content (AvgIpc) is 3.97. The number of rotatable bonds is 20. The molecule has 0 spiro atoms. The molecule has 5 aromatic rings. The molecule has 3 aromatic heterocycles. The summed E-state index contributed by atoms with van der Waals surface area (Å²) in [7, 11) is 1.32. The Hall–Kier alpha value is -4.96. The fourth-order valence-electron chi connectivity index (χ4n) is 6.99. The number of unbranched alkanes of at least 4 members (excludes halogenated alkanes) is 3. The number of esters is 1. The molecule has 5 heterocycles. The number of nitrogens with one attached hydrogen (secondary N) is 1. The standard InChI is InChI=1S/C40H48N7O13PS/c1-3-4-5-6-17-55-26-13-9-25(10-14-26)39(51)57-27-11-7-24(8-12-27)21-62-61(53,60-34-29(19-48)59-38(35(34)54-2)46-16-15-31(50)45-40(46)52)56-20-30-28(49)18-32(58-30)47-23-44-33-36(41)42-22-43-37(33)47/h7-16,22-23,28-30,32,34-35,38,48-49H,3-6,17-21H2,1-2H3,(H2,41,42,43)(H,45,50,52). The van der Waals surface area contributed by atoms with Gasteiger partial charge in [0.05, 0.1) is 37.8 Å². The van der Waals surface area contributed by atoms with E-state index in [2.05, 4.69) is 26.9 Å². The maximum atomic E-state index is 14.8. The Morgan fingerprint density at radius 1 is 0.984 bits per heavy atom. The lowest BCUT2D eigenvalue weighted by Gasteiger charge is -2.28. The number of imidazole rings is 1. The predicted octanol–water partition coefficient (Wildman–Crippen LogP) is 4.13. The van der Waals surface area contributed by atoms with Gasteiger partial charge in [0.15, 0.2) is 17.7 Å². The number of aliphatic hydroxyl groups excluding tert-OH is 2. The molecule has 5 N–H and O–H groups in total. The highest BCUT2D eigenvalue weighted by Crippen LogP contribution is 2.64. The van der Waals surface area contributed by atoms with Gasteiger partial charge in [-0.3, -0.25) is 28.0 Å². The Kier molecular flexibility index (Phi) is 14.9. The fourth-order valence-corrected chi connectivity index (χ4v) is 10.4. The number of nitrogens with two attached hydrogens (primary N) is 1. The van der Waals surface area contributed by atoms with E-state index in [0.29, 0.717) is 34.6 Å². The van der Waals surface area contributed by atoms with Crippen molar-refractivity contribution in [2.45, 2.75) is 87.8 Å². The van der Waals surface area contributed by atoms with Crippen LogP contribution in [0, 0.1) is 0 Å². The summed E-state index contributed by atoms with van der Waals surface area (Å²) in [5.41, 5.74) is 6.27. The molecule has 7 rings (SSSR count). The molecule has 0 saturated carbocycles. The van der Waals surface area contributed by atoms with E-state index < -0.39 is 80.2 Å². The first-order valence-corrected chi connectivity index (χ1v) is 23.1. The molecule has 62 heavy (non-hydrogen) atoms. The lowest BCUT2D eigenvalue weighted by molar-refractivity contribution is -0.0625. The monoisotopic (exact) mass is 897 g/mol. The van der Waals surface area contributed by atoms with Gasteiger partial charge in [-0.05, 0) is 59.8 Å². The van der Waals surface area contributed by atoms with Crippen molar-refractivity contribution in [3.05, 3.63) is 105 Å². The molecule has 2 saturated heterocycles. The highest BCUT2D eigenvalue weighted by atomic mass is 32.7. The van der Waals surface area contributed by atoms with E-state index in [0.717, 1.165) is 47.7 Å². The number of nitrogens with zero attached hydrogens (tertiary/aromatic N) is 5. The van der Waals surface area contributed by atoms with Gasteiger partial charge in [0, 0.05) is 31.5 Å². The highest BCUT2D eigenvalue weighted by Gasteiger charge is 2.51. The molecule has 20 nitrogen and oxygen atoms in total. The van der Waals surface area contributed by atoms with Gasteiger partial charge in [0.1, 0.15) is 54.0 Å². The summed E-state index contributed by atoms with van der Waals surface area (Å²) in [5, 5.41) is 21.4. The van der Waals surface area contributed by atoms with Gasteiger partial charge in [0.25, 0.3) is 5.56 Å². The third-order valence-electron chi connectivity index (χ3n) is 10.3. The van der Waals surface area contributed by atoms with Crippen molar-refractivity contribution < 1.29 is 52.3 Å². The van der Waals surface area contributed by atoms with Crippen molar-refractivity contribution in [3.8, 4) is 11.5 Å². The number of ether oxygens (including phenoxy) is 5. The number of H-pyrrole nitrogens is 1. The summed E-state index contributed by atoms with van der Waals surface area (Å²) in [6.07, 6.45) is 0.923. The number of aliphatic hydroxyl groups is 2. The molecular weight excluding hydrogens is 850 g/mol. The normalized spacial score (nSPS) is 23.4. The van der Waals surface area contributed by atoms with E-state index in [1.54, 1.807) is 53.1 Å². The van der Waals surface area contributed by atoms with Crippen molar-refractivity contribution in [3.63, 3.8) is 0 Å². The summed E-state index contributed by atoms with van der Waals surface area (Å²) in [6.45, 7) is -2.58. The van der Waals surface area contributed by atoms with Gasteiger partial charge >= 0.3 is 18.5 Å². The van der Waals surface area contributed by atoms with E-state index in [4.69, 9.17) is 38.5 Å². The van der Waals surface area contributed by atoms with Crippen LogP contribution in [0.2, 0.25) is 0 Å². The zero-order valence-corrected chi connectivity index (χ0v) is 35.6. The molecule has 22 heteroatoms. The molecule has 0 amide bonds. The van der Waals surface area contributed by atoms with Crippen LogP contribution in [0.25, 0.3) is 11.2 Å². The summed E-state index contributed by atoms with van der Waals surface area (Å²) in [4.78, 5) is 52.1. The minimum Gasteiger partial charge on any atom is -0.494 e. The molecule has 332 valence electrons. The van der Waals surface area contributed by atoms with Gasteiger partial charge < -0.3 is 39.6 Å². The van der Waals surface area contributed by atoms with Gasteiger partial charge in [-0.2, -0.15) is 0 Å². The number of carbonyl (C=O) groups excluding carboxylic acids is 1. The Labute approximate surface area is 358 Å². The van der Waals surface area contributed by atoms with Crippen LogP contribution in [0.5, 0.6) is 11.5 Å². The lowest BCUT2D eigenvalue weighted by Crippen LogP contribution is -2.39. The topological polar surface area (TPSA) is 264 Å². The lowest BCUT2D eigenvalue weighted by atomic mass is 10.1. The van der Waals surface area contributed by atoms with Crippen LogP contribution in [0.15, 0.2) is 83.0 Å². The number of hydrogen-bond donors (Lipinski definition) is 4. The van der Waals surface area contributed by atoms with Crippen molar-refractivity contribution in [2.75, 3.05) is 32.7 Å². The van der Waals surface area contributed by atoms with E-state index >= 15 is 0 Å². The molecule has 2 aliphatic heterocycles. The number of fused-ring (bicyclic) bond motifs is 1. The summed E-state index contributed by atoms with van der Waals surface area (Å²) in [5.74, 6) is 0.620. The largest absolute Gasteiger partial charge is 0.494 e. The molecule has 0 aliphatic carbocycles. The smallest absolute Gasteiger partial charge is 0.389 e. The molecule has 0 radical (unpaired) electrons. The number of methoxy groups -OCH3 is 1. The van der Waals surface area contributed by atoms with Crippen molar-refractivity contribution in [1.82, 2.24) is 29.1 Å². The average molecular weight is 898 g/mol. The first-order chi connectivity index (χ1) is 30.0. The van der Waals surface area contributed by atoms with Gasteiger partial charge in [-0.25, -0.2) is 29.1 Å². The molecular formula is C40H48N7O13PS. The molecule has 2 aromatic carbocycles. The summed E-state index contributed by atoms with van der Waals surface area (Å²) in [6, 6.07) is 14.4. The number of carbonyl (C=O) groups is 1. The number of aromatic amines is 1. The maximum Gasteiger partial charge on any atom is 0.389 e. The van der Waals surface area contributed by atoms with Gasteiger partial charge in [-0.1, -0.05) is 38.3 Å². The van der Waals surface area contributed by atoms with Crippen LogP contribution in [0.1, 0.15) is 67.4 Å². The zero-order valence-electron chi connectivity index (χ0n) is 33.9. The van der Waals surface area contributed by atoms with E-state index in [-0.39, 0.29) is 23.7 Å². The predicted molar refractivity (Wildman–Crippen MR) is 225 cm³/mol. The Balaban J connectivity index is 1.04.